The smallest absolute Gasteiger partial charge is 0.326 e. The number of anilines is 2. The Labute approximate surface area is 293 Å². The van der Waals surface area contributed by atoms with E-state index < -0.39 is 12.0 Å². The fourth-order valence-corrected chi connectivity index (χ4v) is 6.02. The van der Waals surface area contributed by atoms with Gasteiger partial charge in [-0.3, -0.25) is 4.79 Å². The summed E-state index contributed by atoms with van der Waals surface area (Å²) in [6.07, 6.45) is 18.4. The number of ether oxygens (including phenoxy) is 2. The van der Waals surface area contributed by atoms with E-state index in [0.29, 0.717) is 23.9 Å². The first-order valence-corrected chi connectivity index (χ1v) is 18.4. The van der Waals surface area contributed by atoms with E-state index in [9.17, 15) is 14.7 Å². The Morgan fingerprint density at radius 3 is 2.02 bits per heavy atom. The lowest BCUT2D eigenvalue weighted by Crippen LogP contribution is -2.41. The van der Waals surface area contributed by atoms with E-state index in [2.05, 4.69) is 39.3 Å². The molecule has 3 rings (SSSR count). The van der Waals surface area contributed by atoms with Gasteiger partial charge in [0.2, 0.25) is 5.91 Å². The SMILES string of the molecule is CCCCCCCCN(CCCCCCCC)CCCOc1cc2c(Nc3ccc(CC(NC(C)=O)C(=O)O)cc3)ncnc2cc1OC. The van der Waals surface area contributed by atoms with Crippen molar-refractivity contribution in [1.82, 2.24) is 20.2 Å². The van der Waals surface area contributed by atoms with Crippen molar-refractivity contribution in [3.63, 3.8) is 0 Å². The summed E-state index contributed by atoms with van der Waals surface area (Å²) in [5.41, 5.74) is 2.29. The number of carbonyl (C=O) groups is 2. The number of benzene rings is 2. The number of methoxy groups -OCH3 is 1. The van der Waals surface area contributed by atoms with Crippen LogP contribution in [0.2, 0.25) is 0 Å². The molecule has 1 heterocycles. The molecular weight excluding hydrogens is 618 g/mol. The molecule has 1 aromatic heterocycles. The predicted molar refractivity (Wildman–Crippen MR) is 198 cm³/mol. The first-order chi connectivity index (χ1) is 23.8. The number of aliphatic carboxylic acids is 1. The number of carboxylic acid groups (broad SMARTS) is 1. The molecule has 10 nitrogen and oxygen atoms in total. The first-order valence-electron chi connectivity index (χ1n) is 18.4. The number of nitrogens with one attached hydrogen (secondary N) is 2. The highest BCUT2D eigenvalue weighted by Gasteiger charge is 2.19. The van der Waals surface area contributed by atoms with Crippen molar-refractivity contribution >= 4 is 34.3 Å². The van der Waals surface area contributed by atoms with E-state index in [4.69, 9.17) is 9.47 Å². The van der Waals surface area contributed by atoms with E-state index in [0.717, 1.165) is 48.2 Å². The van der Waals surface area contributed by atoms with Gasteiger partial charge in [0.15, 0.2) is 11.5 Å². The predicted octanol–water partition coefficient (Wildman–Crippen LogP) is 8.31. The van der Waals surface area contributed by atoms with E-state index >= 15 is 0 Å². The van der Waals surface area contributed by atoms with Crippen LogP contribution in [0.1, 0.15) is 110 Å². The second-order valence-electron chi connectivity index (χ2n) is 12.9. The summed E-state index contributed by atoms with van der Waals surface area (Å²) in [4.78, 5) is 34.5. The minimum atomic E-state index is -1.07. The maximum absolute atomic E-state index is 11.5. The van der Waals surface area contributed by atoms with Crippen LogP contribution in [0.15, 0.2) is 42.7 Å². The highest BCUT2D eigenvalue weighted by atomic mass is 16.5. The quantitative estimate of drug-likeness (QED) is 0.0719. The summed E-state index contributed by atoms with van der Waals surface area (Å²) in [5, 5.41) is 16.1. The monoisotopic (exact) mass is 677 g/mol. The Bertz CT molecular complexity index is 1380. The maximum Gasteiger partial charge on any atom is 0.326 e. The molecule has 1 atom stereocenters. The lowest BCUT2D eigenvalue weighted by molar-refractivity contribution is -0.141. The molecule has 2 aromatic carbocycles. The van der Waals surface area contributed by atoms with Gasteiger partial charge < -0.3 is 30.1 Å². The van der Waals surface area contributed by atoms with E-state index in [1.54, 1.807) is 7.11 Å². The number of amides is 1. The Morgan fingerprint density at radius 1 is 0.816 bits per heavy atom. The molecule has 0 saturated carbocycles. The second kappa shape index (κ2) is 22.7. The van der Waals surface area contributed by atoms with Crippen LogP contribution >= 0.6 is 0 Å². The molecule has 3 N–H and O–H groups in total. The highest BCUT2D eigenvalue weighted by Crippen LogP contribution is 2.35. The van der Waals surface area contributed by atoms with Crippen molar-refractivity contribution in [3.05, 3.63) is 48.3 Å². The molecule has 1 unspecified atom stereocenters. The number of rotatable bonds is 26. The molecule has 1 amide bonds. The molecule has 0 fully saturated rings. The number of carbonyl (C=O) groups excluding carboxylic acids is 1. The van der Waals surface area contributed by atoms with Gasteiger partial charge in [0.25, 0.3) is 0 Å². The molecule has 0 bridgehead atoms. The van der Waals surface area contributed by atoms with Gasteiger partial charge in [0.05, 0.1) is 19.2 Å². The van der Waals surface area contributed by atoms with Crippen molar-refractivity contribution in [1.29, 1.82) is 0 Å². The van der Waals surface area contributed by atoms with Crippen LogP contribution in [0, 0.1) is 0 Å². The van der Waals surface area contributed by atoms with Crippen molar-refractivity contribution in [2.75, 3.05) is 38.7 Å². The molecule has 270 valence electrons. The summed E-state index contributed by atoms with van der Waals surface area (Å²) in [7, 11) is 1.64. The third-order valence-corrected chi connectivity index (χ3v) is 8.78. The number of hydrogen-bond donors (Lipinski definition) is 3. The maximum atomic E-state index is 11.5. The Morgan fingerprint density at radius 2 is 1.43 bits per heavy atom. The van der Waals surface area contributed by atoms with E-state index in [-0.39, 0.29) is 12.3 Å². The van der Waals surface area contributed by atoms with Crippen LogP contribution in [-0.4, -0.2) is 71.2 Å². The van der Waals surface area contributed by atoms with Crippen LogP contribution in [0.5, 0.6) is 11.5 Å². The average Bonchev–Trinajstić information content (AvgIpc) is 3.09. The minimum Gasteiger partial charge on any atom is -0.493 e. The largest absolute Gasteiger partial charge is 0.493 e. The fraction of sp³-hybridized carbons (Fsp3) is 0.590. The molecule has 3 aromatic rings. The van der Waals surface area contributed by atoms with Crippen LogP contribution < -0.4 is 20.1 Å². The number of aromatic nitrogens is 2. The lowest BCUT2D eigenvalue weighted by atomic mass is 10.1. The highest BCUT2D eigenvalue weighted by molar-refractivity contribution is 5.93. The van der Waals surface area contributed by atoms with Crippen molar-refractivity contribution in [2.45, 2.75) is 117 Å². The van der Waals surface area contributed by atoms with Gasteiger partial charge in [0, 0.05) is 37.0 Å². The average molecular weight is 678 g/mol. The molecule has 0 saturated heterocycles. The summed E-state index contributed by atoms with van der Waals surface area (Å²) < 4.78 is 12.0. The molecular formula is C39H59N5O5. The van der Waals surface area contributed by atoms with Crippen molar-refractivity contribution < 1.29 is 24.2 Å². The number of fused-ring (bicyclic) bond motifs is 1. The van der Waals surface area contributed by atoms with Gasteiger partial charge in [-0.05, 0) is 56.1 Å². The Balaban J connectivity index is 1.61. The number of nitrogens with zero attached hydrogens (tertiary/aromatic N) is 3. The first kappa shape index (κ1) is 39.5. The molecule has 0 spiro atoms. The van der Waals surface area contributed by atoms with Gasteiger partial charge in [-0.15, -0.1) is 0 Å². The minimum absolute atomic E-state index is 0.183. The van der Waals surface area contributed by atoms with Gasteiger partial charge in [0.1, 0.15) is 18.2 Å². The van der Waals surface area contributed by atoms with Crippen LogP contribution in [-0.2, 0) is 16.0 Å². The Kier molecular flexibility index (Phi) is 18.3. The number of carboxylic acids is 1. The van der Waals surface area contributed by atoms with Gasteiger partial charge in [-0.25, -0.2) is 14.8 Å². The summed E-state index contributed by atoms with van der Waals surface area (Å²) in [5.74, 6) is 0.451. The molecule has 0 aliphatic carbocycles. The number of unbranched alkanes of at least 4 members (excludes halogenated alkanes) is 10. The molecule has 10 heteroatoms. The van der Waals surface area contributed by atoms with E-state index in [1.165, 1.54) is 90.3 Å². The second-order valence-corrected chi connectivity index (χ2v) is 12.9. The standard InChI is InChI=1S/C39H59N5O5/c1-5-7-9-11-13-15-22-44(23-16-14-12-10-8-6-2)24-17-25-49-37-27-33-34(28-36(37)48-4)40-29-41-38(33)43-32-20-18-31(19-21-32)26-35(39(46)47)42-30(3)45/h18-21,27-29,35H,5-17,22-26H2,1-4H3,(H,42,45)(H,46,47)(H,40,41,43). The van der Waals surface area contributed by atoms with Gasteiger partial charge in [-0.1, -0.05) is 90.2 Å². The molecule has 0 radical (unpaired) electrons. The molecule has 0 aliphatic heterocycles. The topological polar surface area (TPSA) is 126 Å². The summed E-state index contributed by atoms with van der Waals surface area (Å²) in [6, 6.07) is 10.2. The fourth-order valence-electron chi connectivity index (χ4n) is 6.02. The van der Waals surface area contributed by atoms with Crippen LogP contribution in [0.25, 0.3) is 10.9 Å². The third kappa shape index (κ3) is 14.6. The molecule has 49 heavy (non-hydrogen) atoms. The normalized spacial score (nSPS) is 11.9. The zero-order chi connectivity index (χ0) is 35.3. The summed E-state index contributed by atoms with van der Waals surface area (Å²) >= 11 is 0. The Hall–Kier alpha value is -3.92. The van der Waals surface area contributed by atoms with E-state index in [1.807, 2.05) is 36.4 Å². The lowest BCUT2D eigenvalue weighted by Gasteiger charge is -2.22. The van der Waals surface area contributed by atoms with Crippen molar-refractivity contribution in [2.24, 2.45) is 0 Å². The van der Waals surface area contributed by atoms with Gasteiger partial charge in [-0.2, -0.15) is 0 Å². The summed E-state index contributed by atoms with van der Waals surface area (Å²) in [6.45, 7) is 9.76. The molecule has 0 aliphatic rings. The zero-order valence-electron chi connectivity index (χ0n) is 30.3. The van der Waals surface area contributed by atoms with Crippen LogP contribution in [0.4, 0.5) is 11.5 Å². The van der Waals surface area contributed by atoms with Gasteiger partial charge >= 0.3 is 5.97 Å². The number of hydrogen-bond acceptors (Lipinski definition) is 8. The van der Waals surface area contributed by atoms with Crippen molar-refractivity contribution in [3.8, 4) is 11.5 Å². The van der Waals surface area contributed by atoms with Crippen LogP contribution in [0.3, 0.4) is 0 Å². The zero-order valence-corrected chi connectivity index (χ0v) is 30.3. The third-order valence-electron chi connectivity index (χ3n) is 8.78.